The minimum Gasteiger partial charge on any atom is -0.352 e. The molecule has 1 aliphatic rings. The topological polar surface area (TPSA) is 86.8 Å². The van der Waals surface area contributed by atoms with Gasteiger partial charge in [0, 0.05) is 19.0 Å². The normalized spacial score (nSPS) is 14.5. The number of halogens is 3. The van der Waals surface area contributed by atoms with Crippen LogP contribution in [0.25, 0.3) is 0 Å². The first-order chi connectivity index (χ1) is 23.8. The molecule has 1 atom stereocenters. The number of anilines is 1. The summed E-state index contributed by atoms with van der Waals surface area (Å²) in [5.74, 6) is -1.10. The SMILES string of the molecule is Cc1ccc(S(=O)(=O)N(CC(=O)N(Cc2cccc(C)c2)[C@@H](Cc2ccccc2)C(=O)NC2CCCCC2)c2cccc(C(F)(F)F)c2)cc1. The molecule has 2 amide bonds. The van der Waals surface area contributed by atoms with Crippen LogP contribution in [0.15, 0.2) is 108 Å². The van der Waals surface area contributed by atoms with E-state index in [4.69, 9.17) is 0 Å². The van der Waals surface area contributed by atoms with Gasteiger partial charge in [0.1, 0.15) is 12.6 Å². The van der Waals surface area contributed by atoms with Gasteiger partial charge in [0.2, 0.25) is 11.8 Å². The van der Waals surface area contributed by atoms with E-state index in [0.29, 0.717) is 9.87 Å². The number of sulfonamides is 1. The molecule has 0 heterocycles. The Hall–Kier alpha value is -4.64. The molecule has 264 valence electrons. The van der Waals surface area contributed by atoms with Crippen molar-refractivity contribution >= 4 is 27.5 Å². The summed E-state index contributed by atoms with van der Waals surface area (Å²) in [5, 5.41) is 3.15. The van der Waals surface area contributed by atoms with Crippen LogP contribution in [0.1, 0.15) is 59.9 Å². The van der Waals surface area contributed by atoms with Gasteiger partial charge in [-0.05, 0) is 68.1 Å². The number of hydrogen-bond donors (Lipinski definition) is 1. The van der Waals surface area contributed by atoms with E-state index in [1.165, 1.54) is 23.1 Å². The maximum absolute atomic E-state index is 14.7. The van der Waals surface area contributed by atoms with E-state index in [-0.39, 0.29) is 35.5 Å². The molecule has 0 radical (unpaired) electrons. The molecule has 0 aliphatic heterocycles. The van der Waals surface area contributed by atoms with E-state index < -0.39 is 40.3 Å². The van der Waals surface area contributed by atoms with Gasteiger partial charge in [0.25, 0.3) is 10.0 Å². The molecule has 7 nitrogen and oxygen atoms in total. The molecular formula is C39H42F3N3O4S. The Kier molecular flexibility index (Phi) is 11.7. The smallest absolute Gasteiger partial charge is 0.352 e. The van der Waals surface area contributed by atoms with Crippen LogP contribution in [-0.4, -0.2) is 43.8 Å². The van der Waals surface area contributed by atoms with E-state index in [0.717, 1.165) is 67.0 Å². The maximum Gasteiger partial charge on any atom is 0.416 e. The molecule has 0 saturated heterocycles. The summed E-state index contributed by atoms with van der Waals surface area (Å²) in [6.45, 7) is 2.80. The minimum absolute atomic E-state index is 0.0306. The van der Waals surface area contributed by atoms with Crippen molar-refractivity contribution in [3.8, 4) is 0 Å². The van der Waals surface area contributed by atoms with Crippen LogP contribution in [0.2, 0.25) is 0 Å². The quantitative estimate of drug-likeness (QED) is 0.165. The van der Waals surface area contributed by atoms with Crippen LogP contribution in [0.4, 0.5) is 18.9 Å². The number of carbonyl (C=O) groups excluding carboxylic acids is 2. The van der Waals surface area contributed by atoms with Crippen molar-refractivity contribution < 1.29 is 31.2 Å². The minimum atomic E-state index is -4.76. The van der Waals surface area contributed by atoms with Gasteiger partial charge in [-0.15, -0.1) is 0 Å². The summed E-state index contributed by atoms with van der Waals surface area (Å²) < 4.78 is 70.7. The second kappa shape index (κ2) is 15.9. The predicted molar refractivity (Wildman–Crippen MR) is 188 cm³/mol. The first-order valence-electron chi connectivity index (χ1n) is 16.8. The summed E-state index contributed by atoms with van der Waals surface area (Å²) in [5.41, 5.74) is 1.83. The van der Waals surface area contributed by atoms with Gasteiger partial charge < -0.3 is 10.2 Å². The van der Waals surface area contributed by atoms with Crippen molar-refractivity contribution in [2.45, 2.75) is 82.1 Å². The molecule has 4 aromatic carbocycles. The molecule has 50 heavy (non-hydrogen) atoms. The number of benzene rings is 4. The third kappa shape index (κ3) is 9.32. The number of carbonyl (C=O) groups is 2. The molecule has 0 unspecified atom stereocenters. The van der Waals surface area contributed by atoms with Crippen molar-refractivity contribution in [2.75, 3.05) is 10.8 Å². The first-order valence-corrected chi connectivity index (χ1v) is 18.2. The van der Waals surface area contributed by atoms with Crippen LogP contribution in [0.5, 0.6) is 0 Å². The predicted octanol–water partition coefficient (Wildman–Crippen LogP) is 7.61. The standard InChI is InChI=1S/C39H42F3N3O4S/c1-28-19-21-35(22-20-28)50(48,49)45(34-18-10-15-32(25-34)39(40,41)42)27-37(46)44(26-31-14-9-11-29(2)23-31)36(24-30-12-5-3-6-13-30)38(47)43-33-16-7-4-8-17-33/h3,5-6,9-15,18-23,25,33,36H,4,7-8,16-17,24,26-27H2,1-2H3,(H,43,47)/t36-/m0/s1. The van der Waals surface area contributed by atoms with Crippen molar-refractivity contribution in [3.05, 3.63) is 131 Å². The fourth-order valence-corrected chi connectivity index (χ4v) is 7.72. The number of aryl methyl sites for hydroxylation is 2. The number of amides is 2. The van der Waals surface area contributed by atoms with Crippen LogP contribution < -0.4 is 9.62 Å². The number of alkyl halides is 3. The van der Waals surface area contributed by atoms with E-state index in [1.807, 2.05) is 61.5 Å². The van der Waals surface area contributed by atoms with E-state index in [9.17, 15) is 31.2 Å². The Balaban J connectivity index is 1.60. The van der Waals surface area contributed by atoms with Crippen LogP contribution in [0, 0.1) is 13.8 Å². The number of nitrogens with one attached hydrogen (secondary N) is 1. The molecule has 0 bridgehead atoms. The maximum atomic E-state index is 14.7. The molecule has 0 spiro atoms. The summed E-state index contributed by atoms with van der Waals surface area (Å²) in [6, 6.07) is 25.3. The highest BCUT2D eigenvalue weighted by atomic mass is 32.2. The van der Waals surface area contributed by atoms with Gasteiger partial charge in [-0.2, -0.15) is 13.2 Å². The highest BCUT2D eigenvalue weighted by molar-refractivity contribution is 7.92. The fraction of sp³-hybridized carbons (Fsp3) is 0.333. The Labute approximate surface area is 292 Å². The Morgan fingerprint density at radius 2 is 1.46 bits per heavy atom. The molecular weight excluding hydrogens is 664 g/mol. The van der Waals surface area contributed by atoms with Crippen molar-refractivity contribution in [1.82, 2.24) is 10.2 Å². The van der Waals surface area contributed by atoms with Crippen molar-refractivity contribution in [3.63, 3.8) is 0 Å². The second-order valence-electron chi connectivity index (χ2n) is 12.9. The molecule has 1 fully saturated rings. The third-order valence-corrected chi connectivity index (χ3v) is 10.8. The lowest BCUT2D eigenvalue weighted by Crippen LogP contribution is -2.55. The van der Waals surface area contributed by atoms with Crippen molar-refractivity contribution in [2.24, 2.45) is 0 Å². The largest absolute Gasteiger partial charge is 0.416 e. The lowest BCUT2D eigenvalue weighted by Gasteiger charge is -2.35. The summed E-state index contributed by atoms with van der Waals surface area (Å²) in [6.07, 6.45) is 0.0475. The first kappa shape index (κ1) is 36.6. The highest BCUT2D eigenvalue weighted by Gasteiger charge is 2.37. The number of hydrogen-bond acceptors (Lipinski definition) is 4. The lowest BCUT2D eigenvalue weighted by atomic mass is 9.94. The monoisotopic (exact) mass is 705 g/mol. The van der Waals surface area contributed by atoms with Gasteiger partial charge in [-0.3, -0.25) is 13.9 Å². The Morgan fingerprint density at radius 1 is 0.800 bits per heavy atom. The fourth-order valence-electron chi connectivity index (χ4n) is 6.31. The van der Waals surface area contributed by atoms with Crippen LogP contribution in [0.3, 0.4) is 0 Å². The van der Waals surface area contributed by atoms with E-state index in [1.54, 1.807) is 19.1 Å². The van der Waals surface area contributed by atoms with Crippen LogP contribution >= 0.6 is 0 Å². The van der Waals surface area contributed by atoms with Gasteiger partial charge in [0.05, 0.1) is 16.1 Å². The molecule has 1 saturated carbocycles. The third-order valence-electron chi connectivity index (χ3n) is 9.01. The van der Waals surface area contributed by atoms with E-state index >= 15 is 0 Å². The summed E-state index contributed by atoms with van der Waals surface area (Å²) in [4.78, 5) is 30.1. The Morgan fingerprint density at radius 3 is 2.12 bits per heavy atom. The second-order valence-corrected chi connectivity index (χ2v) is 14.8. The number of rotatable bonds is 12. The molecule has 5 rings (SSSR count). The molecule has 1 aliphatic carbocycles. The average Bonchev–Trinajstić information content (AvgIpc) is 3.09. The van der Waals surface area contributed by atoms with Gasteiger partial charge in [0.15, 0.2) is 0 Å². The average molecular weight is 706 g/mol. The molecule has 11 heteroatoms. The zero-order chi connectivity index (χ0) is 35.9. The molecule has 0 aromatic heterocycles. The summed E-state index contributed by atoms with van der Waals surface area (Å²) >= 11 is 0. The van der Waals surface area contributed by atoms with Gasteiger partial charge >= 0.3 is 6.18 Å². The number of nitrogens with zero attached hydrogens (tertiary/aromatic N) is 2. The zero-order valence-electron chi connectivity index (χ0n) is 28.2. The Bertz CT molecular complexity index is 1880. The lowest BCUT2D eigenvalue weighted by molar-refractivity contribution is -0.140. The zero-order valence-corrected chi connectivity index (χ0v) is 29.0. The molecule has 1 N–H and O–H groups in total. The van der Waals surface area contributed by atoms with Gasteiger partial charge in [-0.1, -0.05) is 103 Å². The summed E-state index contributed by atoms with van der Waals surface area (Å²) in [7, 11) is -4.55. The highest BCUT2D eigenvalue weighted by Crippen LogP contribution is 2.33. The van der Waals surface area contributed by atoms with E-state index in [2.05, 4.69) is 5.32 Å². The van der Waals surface area contributed by atoms with Gasteiger partial charge in [-0.25, -0.2) is 8.42 Å². The van der Waals surface area contributed by atoms with Crippen molar-refractivity contribution in [1.29, 1.82) is 0 Å². The van der Waals surface area contributed by atoms with Crippen LogP contribution in [-0.2, 0) is 38.8 Å². The molecule has 4 aromatic rings.